The van der Waals surface area contributed by atoms with Crippen molar-refractivity contribution in [1.82, 2.24) is 19.1 Å². The molecule has 24 heavy (non-hydrogen) atoms. The highest BCUT2D eigenvalue weighted by Gasteiger charge is 2.23. The van der Waals surface area contributed by atoms with Gasteiger partial charge in [0.25, 0.3) is 5.56 Å². The van der Waals surface area contributed by atoms with Gasteiger partial charge in [-0.3, -0.25) is 18.7 Å². The molecule has 2 aromatic rings. The number of carbonyl (C=O) groups is 1. The Morgan fingerprint density at radius 3 is 2.58 bits per heavy atom. The second-order valence-electron chi connectivity index (χ2n) is 6.41. The molecule has 0 spiro atoms. The van der Waals surface area contributed by atoms with Crippen LogP contribution in [0, 0.1) is 0 Å². The highest BCUT2D eigenvalue weighted by molar-refractivity contribution is 5.74. The molecule has 0 bridgehead atoms. The maximum Gasteiger partial charge on any atom is 0.332 e. The van der Waals surface area contributed by atoms with Gasteiger partial charge in [-0.2, -0.15) is 0 Å². The standard InChI is InChI=1S/C16H23N5O3/c1-2-8-21-15(23)12-14(20(16(21)24)9-7-11(17)22)19-13(18-12)10-5-3-4-6-10/h10H,2-9H2,1H3,(H2,17,22)(H,18,19). The SMILES string of the molecule is CCCn1c(=O)c2[nH]c(C3CCCC3)nc2n(CCC(N)=O)c1=O. The van der Waals surface area contributed by atoms with Gasteiger partial charge in [0.2, 0.25) is 5.91 Å². The van der Waals surface area contributed by atoms with Crippen molar-refractivity contribution >= 4 is 17.1 Å². The summed E-state index contributed by atoms with van der Waals surface area (Å²) < 4.78 is 2.60. The van der Waals surface area contributed by atoms with Gasteiger partial charge in [-0.05, 0) is 19.3 Å². The van der Waals surface area contributed by atoms with E-state index in [0.29, 0.717) is 30.0 Å². The van der Waals surface area contributed by atoms with Gasteiger partial charge in [-0.15, -0.1) is 0 Å². The normalized spacial score (nSPS) is 15.4. The molecule has 1 amide bonds. The first-order valence-electron chi connectivity index (χ1n) is 8.54. The van der Waals surface area contributed by atoms with E-state index in [2.05, 4.69) is 9.97 Å². The van der Waals surface area contributed by atoms with Crippen LogP contribution in [0.25, 0.3) is 11.2 Å². The Morgan fingerprint density at radius 1 is 1.25 bits per heavy atom. The van der Waals surface area contributed by atoms with Crippen LogP contribution in [0.3, 0.4) is 0 Å². The van der Waals surface area contributed by atoms with Crippen LogP contribution in [0.1, 0.15) is 57.2 Å². The lowest BCUT2D eigenvalue weighted by Crippen LogP contribution is -2.40. The summed E-state index contributed by atoms with van der Waals surface area (Å²) in [6, 6.07) is 0. The molecule has 2 heterocycles. The molecule has 2 aromatic heterocycles. The predicted molar refractivity (Wildman–Crippen MR) is 89.9 cm³/mol. The number of aromatic nitrogens is 4. The Labute approximate surface area is 138 Å². The molecule has 1 fully saturated rings. The van der Waals surface area contributed by atoms with E-state index in [1.807, 2.05) is 6.92 Å². The van der Waals surface area contributed by atoms with Crippen LogP contribution in [0.5, 0.6) is 0 Å². The Morgan fingerprint density at radius 2 is 1.96 bits per heavy atom. The number of aromatic amines is 1. The number of primary amides is 1. The summed E-state index contributed by atoms with van der Waals surface area (Å²) in [7, 11) is 0. The summed E-state index contributed by atoms with van der Waals surface area (Å²) >= 11 is 0. The number of rotatable bonds is 6. The maximum absolute atomic E-state index is 12.7. The van der Waals surface area contributed by atoms with Crippen molar-refractivity contribution in [2.45, 2.75) is 64.5 Å². The molecule has 8 nitrogen and oxygen atoms in total. The molecule has 0 aromatic carbocycles. The molecule has 0 atom stereocenters. The van der Waals surface area contributed by atoms with Gasteiger partial charge >= 0.3 is 5.69 Å². The lowest BCUT2D eigenvalue weighted by Gasteiger charge is -2.09. The van der Waals surface area contributed by atoms with Crippen LogP contribution in [0.15, 0.2) is 9.59 Å². The van der Waals surface area contributed by atoms with E-state index >= 15 is 0 Å². The van der Waals surface area contributed by atoms with Crippen molar-refractivity contribution in [3.05, 3.63) is 26.7 Å². The number of nitrogens with two attached hydrogens (primary N) is 1. The van der Waals surface area contributed by atoms with Gasteiger partial charge < -0.3 is 10.7 Å². The molecule has 3 N–H and O–H groups in total. The van der Waals surface area contributed by atoms with Crippen molar-refractivity contribution in [2.24, 2.45) is 5.73 Å². The second kappa shape index (κ2) is 6.62. The molecular weight excluding hydrogens is 310 g/mol. The van der Waals surface area contributed by atoms with E-state index in [1.165, 1.54) is 9.13 Å². The smallest absolute Gasteiger partial charge is 0.332 e. The van der Waals surface area contributed by atoms with E-state index in [-0.39, 0.29) is 18.5 Å². The average molecular weight is 333 g/mol. The quantitative estimate of drug-likeness (QED) is 0.814. The number of nitrogens with zero attached hydrogens (tertiary/aromatic N) is 3. The fraction of sp³-hybridized carbons (Fsp3) is 0.625. The summed E-state index contributed by atoms with van der Waals surface area (Å²) in [4.78, 5) is 44.1. The van der Waals surface area contributed by atoms with E-state index in [1.54, 1.807) is 0 Å². The molecule has 0 unspecified atom stereocenters. The lowest BCUT2D eigenvalue weighted by molar-refractivity contribution is -0.118. The highest BCUT2D eigenvalue weighted by atomic mass is 16.2. The number of H-pyrrole nitrogens is 1. The van der Waals surface area contributed by atoms with Crippen LogP contribution in [-0.2, 0) is 17.9 Å². The predicted octanol–water partition coefficient (Wildman–Crippen LogP) is 0.829. The van der Waals surface area contributed by atoms with Crippen molar-refractivity contribution in [2.75, 3.05) is 0 Å². The van der Waals surface area contributed by atoms with Crippen LogP contribution < -0.4 is 17.0 Å². The third-order valence-electron chi connectivity index (χ3n) is 4.65. The van der Waals surface area contributed by atoms with Crippen molar-refractivity contribution < 1.29 is 4.79 Å². The topological polar surface area (TPSA) is 116 Å². The molecule has 1 aliphatic carbocycles. The Kier molecular flexibility index (Phi) is 4.55. The molecule has 0 aliphatic heterocycles. The number of carbonyl (C=O) groups excluding carboxylic acids is 1. The summed E-state index contributed by atoms with van der Waals surface area (Å²) in [5.74, 6) is 0.576. The lowest BCUT2D eigenvalue weighted by atomic mass is 10.1. The van der Waals surface area contributed by atoms with Gasteiger partial charge in [0.1, 0.15) is 11.3 Å². The first kappa shape index (κ1) is 16.5. The zero-order valence-electron chi connectivity index (χ0n) is 13.9. The second-order valence-corrected chi connectivity index (χ2v) is 6.41. The first-order valence-corrected chi connectivity index (χ1v) is 8.54. The van der Waals surface area contributed by atoms with E-state index in [9.17, 15) is 14.4 Å². The Bertz CT molecular complexity index is 870. The molecule has 1 aliphatic rings. The van der Waals surface area contributed by atoms with Gasteiger partial charge in [0, 0.05) is 25.4 Å². The van der Waals surface area contributed by atoms with E-state index in [0.717, 1.165) is 31.5 Å². The number of hydrogen-bond acceptors (Lipinski definition) is 4. The minimum Gasteiger partial charge on any atom is -0.370 e. The van der Waals surface area contributed by atoms with Gasteiger partial charge in [-0.1, -0.05) is 19.8 Å². The number of hydrogen-bond donors (Lipinski definition) is 2. The molecule has 0 radical (unpaired) electrons. The highest BCUT2D eigenvalue weighted by Crippen LogP contribution is 2.32. The molecule has 1 saturated carbocycles. The third-order valence-corrected chi connectivity index (χ3v) is 4.65. The van der Waals surface area contributed by atoms with Crippen molar-refractivity contribution in [3.63, 3.8) is 0 Å². The van der Waals surface area contributed by atoms with E-state index < -0.39 is 11.6 Å². The minimum atomic E-state index is -0.491. The summed E-state index contributed by atoms with van der Waals surface area (Å²) in [5, 5.41) is 0. The number of fused-ring (bicyclic) bond motifs is 1. The fourth-order valence-corrected chi connectivity index (χ4v) is 3.42. The van der Waals surface area contributed by atoms with Gasteiger partial charge in [0.05, 0.1) is 0 Å². The minimum absolute atomic E-state index is 0.0327. The number of aryl methyl sites for hydroxylation is 1. The van der Waals surface area contributed by atoms with Gasteiger partial charge in [0.15, 0.2) is 5.65 Å². The number of nitrogens with one attached hydrogen (secondary N) is 1. The molecule has 0 saturated heterocycles. The summed E-state index contributed by atoms with van der Waals surface area (Å²) in [6.07, 6.45) is 5.07. The first-order chi connectivity index (χ1) is 11.5. The molecule has 8 heteroatoms. The molecule has 3 rings (SSSR count). The number of imidazole rings is 1. The zero-order chi connectivity index (χ0) is 17.3. The van der Waals surface area contributed by atoms with Crippen molar-refractivity contribution in [1.29, 1.82) is 0 Å². The van der Waals surface area contributed by atoms with Crippen LogP contribution in [-0.4, -0.2) is 25.0 Å². The Hall–Kier alpha value is -2.38. The van der Waals surface area contributed by atoms with Gasteiger partial charge in [-0.25, -0.2) is 9.78 Å². The largest absolute Gasteiger partial charge is 0.370 e. The fourth-order valence-electron chi connectivity index (χ4n) is 3.42. The molecular formula is C16H23N5O3. The summed E-state index contributed by atoms with van der Waals surface area (Å²) in [6.45, 7) is 2.37. The number of amides is 1. The average Bonchev–Trinajstić information content (AvgIpc) is 3.20. The third kappa shape index (κ3) is 2.88. The summed E-state index contributed by atoms with van der Waals surface area (Å²) in [5.41, 5.74) is 5.12. The van der Waals surface area contributed by atoms with Crippen LogP contribution in [0.4, 0.5) is 0 Å². The molecule has 130 valence electrons. The van der Waals surface area contributed by atoms with Crippen LogP contribution >= 0.6 is 0 Å². The Balaban J connectivity index is 2.18. The zero-order valence-corrected chi connectivity index (χ0v) is 13.9. The monoisotopic (exact) mass is 333 g/mol. The van der Waals surface area contributed by atoms with E-state index in [4.69, 9.17) is 5.73 Å². The van der Waals surface area contributed by atoms with Crippen molar-refractivity contribution in [3.8, 4) is 0 Å². The van der Waals surface area contributed by atoms with Crippen LogP contribution in [0.2, 0.25) is 0 Å². The maximum atomic E-state index is 12.7.